The molecule has 0 spiro atoms. The molecular formula is C51H48IrN3OSi. The number of aromatic nitrogens is 1. The van der Waals surface area contributed by atoms with E-state index in [1.807, 2.05) is 30.5 Å². The van der Waals surface area contributed by atoms with Crippen molar-refractivity contribution in [2.24, 2.45) is 0 Å². The van der Waals surface area contributed by atoms with E-state index < -0.39 is 8.07 Å². The van der Waals surface area contributed by atoms with Crippen molar-refractivity contribution in [2.75, 3.05) is 4.90 Å². The summed E-state index contributed by atoms with van der Waals surface area (Å²) in [5.74, 6) is 0.655. The smallest absolute Gasteiger partial charge is 0.661 e. The second-order valence-corrected chi connectivity index (χ2v) is 21.1. The normalized spacial score (nSPS) is 14.4. The molecule has 0 fully saturated rings. The monoisotopic (exact) mass is 942 g/mol. The van der Waals surface area contributed by atoms with E-state index in [-0.39, 0.29) is 44.4 Å². The minimum absolute atomic E-state index is 0. The fraction of sp³-hybridized carbons (Fsp3) is 0.196. The summed E-state index contributed by atoms with van der Waals surface area (Å²) in [5.41, 5.74) is 12.6. The quantitative estimate of drug-likeness (QED) is 0.118. The molecule has 6 aromatic carbocycles. The molecule has 6 heteroatoms. The fourth-order valence-corrected chi connectivity index (χ4v) is 8.47. The Bertz CT molecular complexity index is 2750. The van der Waals surface area contributed by atoms with Gasteiger partial charge in [0.15, 0.2) is 0 Å². The van der Waals surface area contributed by atoms with Crippen molar-refractivity contribution >= 4 is 52.3 Å². The number of nitrogens with zero attached hydrogens (tertiary/aromatic N) is 3. The summed E-state index contributed by atoms with van der Waals surface area (Å²) >= 11 is 0. The molecule has 0 saturated carbocycles. The Morgan fingerprint density at radius 2 is 1.44 bits per heavy atom. The van der Waals surface area contributed by atoms with Gasteiger partial charge in [-0.15, -0.1) is 47.6 Å². The number of furan rings is 1. The number of pyridine rings is 1. The first kappa shape index (κ1) is 36.1. The maximum Gasteiger partial charge on any atom is 3.00 e. The molecule has 1 aliphatic heterocycles. The van der Waals surface area contributed by atoms with Crippen molar-refractivity contribution in [1.29, 1.82) is 0 Å². The van der Waals surface area contributed by atoms with Gasteiger partial charge in [0.25, 0.3) is 0 Å². The van der Waals surface area contributed by atoms with E-state index in [9.17, 15) is 0 Å². The third-order valence-electron chi connectivity index (χ3n) is 10.5. The predicted molar refractivity (Wildman–Crippen MR) is 238 cm³/mol. The van der Waals surface area contributed by atoms with Gasteiger partial charge in [0.1, 0.15) is 5.58 Å². The van der Waals surface area contributed by atoms with Crippen molar-refractivity contribution in [3.8, 4) is 22.4 Å². The minimum Gasteiger partial charge on any atom is -0.661 e. The fourth-order valence-electron chi connectivity index (χ4n) is 7.43. The Morgan fingerprint density at radius 1 is 0.737 bits per heavy atom. The molecule has 0 radical (unpaired) electrons. The van der Waals surface area contributed by atoms with Crippen molar-refractivity contribution in [1.82, 2.24) is 4.98 Å². The summed E-state index contributed by atoms with van der Waals surface area (Å²) in [5, 5.41) is 8.78. The predicted octanol–water partition coefficient (Wildman–Crippen LogP) is 14.2. The number of hydrogen-bond donors (Lipinski definition) is 0. The van der Waals surface area contributed by atoms with Crippen LogP contribution in [0.5, 0.6) is 0 Å². The Morgan fingerprint density at radius 3 is 2.12 bits per heavy atom. The van der Waals surface area contributed by atoms with Gasteiger partial charge in [-0.05, 0) is 76.8 Å². The van der Waals surface area contributed by atoms with Crippen LogP contribution in [0.1, 0.15) is 66.5 Å². The molecule has 1 atom stereocenters. The largest absolute Gasteiger partial charge is 3.00 e. The average molecular weight is 942 g/mol. The van der Waals surface area contributed by atoms with Gasteiger partial charge in [-0.2, -0.15) is 17.7 Å². The van der Waals surface area contributed by atoms with Gasteiger partial charge in [0.05, 0.1) is 8.07 Å². The number of hydrogen-bond acceptors (Lipinski definition) is 3. The third-order valence-corrected chi connectivity index (χ3v) is 12.5. The molecule has 0 aliphatic carbocycles. The van der Waals surface area contributed by atoms with E-state index >= 15 is 0 Å². The van der Waals surface area contributed by atoms with Crippen LogP contribution in [-0.2, 0) is 20.1 Å². The first-order chi connectivity index (χ1) is 28.3. The van der Waals surface area contributed by atoms with Crippen LogP contribution in [0.2, 0.25) is 19.6 Å². The molecule has 9 rings (SSSR count). The van der Waals surface area contributed by atoms with Gasteiger partial charge in [0, 0.05) is 31.3 Å². The Balaban J connectivity index is 0.000000230. The molecule has 1 unspecified atom stereocenters. The number of anilines is 2. The first-order valence-corrected chi connectivity index (χ1v) is 22.9. The molecule has 57 heavy (non-hydrogen) atoms. The number of fused-ring (bicyclic) bond motifs is 4. The molecule has 4 nitrogen and oxygen atoms in total. The van der Waals surface area contributed by atoms with Crippen LogP contribution < -0.4 is 10.1 Å². The molecule has 0 N–H and O–H groups in total. The van der Waals surface area contributed by atoms with E-state index in [1.54, 1.807) is 0 Å². The van der Waals surface area contributed by atoms with Gasteiger partial charge >= 0.3 is 20.1 Å². The van der Waals surface area contributed by atoms with Crippen molar-refractivity contribution < 1.29 is 28.6 Å². The summed E-state index contributed by atoms with van der Waals surface area (Å²) in [6, 6.07) is 48.2. The SMILES string of the molecule is CC(C)c1cc(-c2ccccc2)cc(C(C)C)c1N1c2ccccc2[N-]C1c1[c-]cc2oc3ccccc3c2c1.[2H]c1[c-]c(-c2ccc([Si](C)(C)C)cn2)cc([2H])c1[2H].[Ir+3]. The van der Waals surface area contributed by atoms with Crippen LogP contribution in [0, 0.1) is 12.1 Å². The van der Waals surface area contributed by atoms with Crippen LogP contribution in [0.4, 0.5) is 17.1 Å². The van der Waals surface area contributed by atoms with E-state index in [0.29, 0.717) is 23.1 Å². The summed E-state index contributed by atoms with van der Waals surface area (Å²) in [7, 11) is -1.36. The molecular weight excluding hydrogens is 891 g/mol. The van der Waals surface area contributed by atoms with Crippen molar-refractivity contribution in [3.63, 3.8) is 0 Å². The molecule has 3 heterocycles. The van der Waals surface area contributed by atoms with Crippen molar-refractivity contribution in [3.05, 3.63) is 180 Å². The standard InChI is InChI=1S/C37H32N2O.C14H16NSi.Ir/c1-23(2)29-21-27(25-12-6-5-7-13-25)22-30(24(3)4)36(29)39-33-16-10-9-15-32(33)38-37(39)26-18-19-35-31(20-26)28-14-8-11-17-34(28)40-35;1-16(2,3)13-9-10-14(15-11-13)12-7-5-4-6-8-12;/h5-17,19-24,37H,1-4H3;4-7,9-11H,1-3H3;/q-2;-1;+3/i;4D,5D,6D;. The Labute approximate surface area is 356 Å². The van der Waals surface area contributed by atoms with Crippen LogP contribution in [0.25, 0.3) is 49.6 Å². The zero-order valence-electron chi connectivity index (χ0n) is 36.4. The summed E-state index contributed by atoms with van der Waals surface area (Å²) in [6.45, 7) is 15.9. The van der Waals surface area contributed by atoms with Gasteiger partial charge in [-0.3, -0.25) is 0 Å². The van der Waals surface area contributed by atoms with Crippen LogP contribution in [0.3, 0.4) is 0 Å². The maximum absolute atomic E-state index is 7.64. The van der Waals surface area contributed by atoms with E-state index in [0.717, 1.165) is 38.9 Å². The molecule has 0 bridgehead atoms. The molecule has 2 aromatic heterocycles. The summed E-state index contributed by atoms with van der Waals surface area (Å²) in [4.78, 5) is 6.86. The zero-order chi connectivity index (χ0) is 41.6. The van der Waals surface area contributed by atoms with Gasteiger partial charge in [-0.1, -0.05) is 132 Å². The van der Waals surface area contributed by atoms with Crippen LogP contribution in [0.15, 0.2) is 150 Å². The van der Waals surface area contributed by atoms with Gasteiger partial charge in [0.2, 0.25) is 0 Å². The minimum atomic E-state index is -1.36. The van der Waals surface area contributed by atoms with Crippen LogP contribution in [-0.4, -0.2) is 13.1 Å². The third kappa shape index (κ3) is 8.13. The Kier molecular flexibility index (Phi) is 10.6. The second kappa shape index (κ2) is 16.7. The summed E-state index contributed by atoms with van der Waals surface area (Å²) < 4.78 is 28.9. The van der Waals surface area contributed by atoms with Crippen molar-refractivity contribution in [2.45, 2.75) is 65.3 Å². The number of para-hydroxylation sites is 3. The molecule has 1 aliphatic rings. The van der Waals surface area contributed by atoms with Gasteiger partial charge in [-0.25, -0.2) is 0 Å². The van der Waals surface area contributed by atoms with Crippen LogP contribution >= 0.6 is 0 Å². The zero-order valence-corrected chi connectivity index (χ0v) is 36.8. The summed E-state index contributed by atoms with van der Waals surface area (Å²) in [6.07, 6.45) is 1.64. The molecule has 8 aromatic rings. The number of benzene rings is 6. The maximum atomic E-state index is 7.64. The Hall–Kier alpha value is -5.26. The molecule has 0 saturated heterocycles. The first-order valence-electron chi connectivity index (χ1n) is 20.9. The van der Waals surface area contributed by atoms with E-state index in [2.05, 4.69) is 160 Å². The molecule has 286 valence electrons. The topological polar surface area (TPSA) is 43.4 Å². The average Bonchev–Trinajstić information content (AvgIpc) is 3.81. The van der Waals surface area contributed by atoms with E-state index in [4.69, 9.17) is 13.8 Å². The van der Waals surface area contributed by atoms with E-state index in [1.165, 1.54) is 39.2 Å². The second-order valence-electron chi connectivity index (χ2n) is 16.1. The number of rotatable bonds is 7. The van der Waals surface area contributed by atoms with Gasteiger partial charge < -0.3 is 19.6 Å². The molecule has 0 amide bonds.